The van der Waals surface area contributed by atoms with Crippen molar-refractivity contribution in [2.24, 2.45) is 0 Å². The molecule has 1 aromatic carbocycles. The third-order valence-corrected chi connectivity index (χ3v) is 2.85. The molecular weight excluding hydrogens is 225 g/mol. The number of nitrogens with zero attached hydrogens (tertiary/aromatic N) is 2. The first kappa shape index (κ1) is 9.93. The molecule has 0 radical (unpaired) electrons. The molecule has 0 unspecified atom stereocenters. The average Bonchev–Trinajstić information content (AvgIpc) is 2.59. The predicted octanol–water partition coefficient (Wildman–Crippen LogP) is 3.19. The minimum absolute atomic E-state index is 0.123. The molecule has 2 aromatic rings. The number of halogens is 3. The lowest BCUT2D eigenvalue weighted by Gasteiger charge is -1.98. The van der Waals surface area contributed by atoms with E-state index in [-0.39, 0.29) is 11.1 Å². The highest BCUT2D eigenvalue weighted by Crippen LogP contribution is 2.35. The molecule has 0 aliphatic rings. The Kier molecular flexibility index (Phi) is 2.12. The maximum Gasteiger partial charge on any atom is 0.443 e. The third-order valence-electron chi connectivity index (χ3n) is 1.78. The normalized spacial score (nSPS) is 11.6. The fourth-order valence-corrected chi connectivity index (χ4v) is 2.02. The largest absolute Gasteiger partial charge is 0.443 e. The van der Waals surface area contributed by atoms with Gasteiger partial charge in [0.1, 0.15) is 6.07 Å². The van der Waals surface area contributed by atoms with Crippen LogP contribution in [-0.2, 0) is 6.18 Å². The Morgan fingerprint density at radius 3 is 2.67 bits per heavy atom. The summed E-state index contributed by atoms with van der Waals surface area (Å²) in [6.45, 7) is 0. The van der Waals surface area contributed by atoms with Crippen molar-refractivity contribution in [2.45, 2.75) is 6.18 Å². The molecule has 0 N–H and O–H groups in total. The Bertz CT molecular complexity index is 550. The van der Waals surface area contributed by atoms with Gasteiger partial charge in [0.25, 0.3) is 0 Å². The first-order valence-electron chi connectivity index (χ1n) is 3.89. The smallest absolute Gasteiger partial charge is 0.231 e. The van der Waals surface area contributed by atoms with Gasteiger partial charge in [-0.2, -0.15) is 18.4 Å². The number of hydrogen-bond donors (Lipinski definition) is 0. The quantitative estimate of drug-likeness (QED) is 0.694. The van der Waals surface area contributed by atoms with E-state index in [1.807, 2.05) is 6.07 Å². The van der Waals surface area contributed by atoms with Gasteiger partial charge in [-0.3, -0.25) is 0 Å². The molecule has 0 saturated heterocycles. The van der Waals surface area contributed by atoms with Crippen molar-refractivity contribution in [1.82, 2.24) is 4.98 Å². The lowest BCUT2D eigenvalue weighted by atomic mass is 10.2. The molecule has 0 aliphatic carbocycles. The number of aromatic nitrogens is 1. The number of alkyl halides is 3. The molecule has 15 heavy (non-hydrogen) atoms. The van der Waals surface area contributed by atoms with Crippen molar-refractivity contribution in [2.75, 3.05) is 0 Å². The summed E-state index contributed by atoms with van der Waals surface area (Å²) in [6, 6.07) is 6.32. The number of nitriles is 1. The first-order chi connectivity index (χ1) is 7.02. The predicted molar refractivity (Wildman–Crippen MR) is 49.3 cm³/mol. The second-order valence-corrected chi connectivity index (χ2v) is 3.81. The second kappa shape index (κ2) is 3.21. The van der Waals surface area contributed by atoms with Crippen LogP contribution in [0.5, 0.6) is 0 Å². The maximum absolute atomic E-state index is 12.3. The highest BCUT2D eigenvalue weighted by atomic mass is 32.1. The zero-order valence-electron chi connectivity index (χ0n) is 7.17. The van der Waals surface area contributed by atoms with Crippen molar-refractivity contribution >= 4 is 21.6 Å². The number of para-hydroxylation sites is 1. The van der Waals surface area contributed by atoms with Gasteiger partial charge in [-0.05, 0) is 12.1 Å². The number of fused-ring (bicyclic) bond motifs is 1. The fraction of sp³-hybridized carbons (Fsp3) is 0.111. The molecule has 1 heterocycles. The molecule has 2 rings (SSSR count). The molecule has 6 heteroatoms. The van der Waals surface area contributed by atoms with Crippen molar-refractivity contribution in [3.05, 3.63) is 28.8 Å². The van der Waals surface area contributed by atoms with Gasteiger partial charge < -0.3 is 0 Å². The fourth-order valence-electron chi connectivity index (χ4n) is 1.16. The summed E-state index contributed by atoms with van der Waals surface area (Å²) in [7, 11) is 0. The van der Waals surface area contributed by atoms with E-state index in [2.05, 4.69) is 4.98 Å². The molecule has 0 saturated carbocycles. The molecule has 0 fully saturated rings. The van der Waals surface area contributed by atoms with Crippen molar-refractivity contribution in [3.63, 3.8) is 0 Å². The van der Waals surface area contributed by atoms with Crippen LogP contribution in [0.25, 0.3) is 10.2 Å². The van der Waals surface area contributed by atoms with Crippen LogP contribution < -0.4 is 0 Å². The second-order valence-electron chi connectivity index (χ2n) is 2.78. The van der Waals surface area contributed by atoms with Crippen LogP contribution in [0.4, 0.5) is 13.2 Å². The Labute approximate surface area is 86.6 Å². The van der Waals surface area contributed by atoms with Gasteiger partial charge in [-0.15, -0.1) is 11.3 Å². The first-order valence-corrected chi connectivity index (χ1v) is 4.71. The highest BCUT2D eigenvalue weighted by molar-refractivity contribution is 7.18. The van der Waals surface area contributed by atoms with E-state index in [1.54, 1.807) is 6.07 Å². The molecule has 0 bridgehead atoms. The summed E-state index contributed by atoms with van der Waals surface area (Å²) in [6.07, 6.45) is -4.45. The molecule has 0 amide bonds. The lowest BCUT2D eigenvalue weighted by Crippen LogP contribution is -2.03. The SMILES string of the molecule is N#Cc1cccc2sc(C(F)(F)F)nc12. The highest BCUT2D eigenvalue weighted by Gasteiger charge is 2.35. The Hall–Kier alpha value is -1.61. The molecule has 1 aromatic heterocycles. The van der Waals surface area contributed by atoms with E-state index < -0.39 is 11.2 Å². The van der Waals surface area contributed by atoms with E-state index in [9.17, 15) is 13.2 Å². The van der Waals surface area contributed by atoms with Gasteiger partial charge in [-0.25, -0.2) is 4.98 Å². The Morgan fingerprint density at radius 2 is 2.07 bits per heavy atom. The Morgan fingerprint density at radius 1 is 1.33 bits per heavy atom. The third kappa shape index (κ3) is 1.66. The number of rotatable bonds is 0. The standard InChI is InChI=1S/C9H3F3N2S/c10-9(11,12)8-14-7-5(4-13)2-1-3-6(7)15-8/h1-3H. The van der Waals surface area contributed by atoms with Gasteiger partial charge >= 0.3 is 6.18 Å². The van der Waals surface area contributed by atoms with Gasteiger partial charge in [0.05, 0.1) is 15.8 Å². The molecule has 0 aliphatic heterocycles. The maximum atomic E-state index is 12.3. The zero-order chi connectivity index (χ0) is 11.1. The minimum atomic E-state index is -4.45. The molecule has 0 spiro atoms. The van der Waals surface area contributed by atoms with Crippen molar-refractivity contribution < 1.29 is 13.2 Å². The Balaban J connectivity index is 2.72. The molecular formula is C9H3F3N2S. The van der Waals surface area contributed by atoms with Gasteiger partial charge in [0.15, 0.2) is 5.01 Å². The topological polar surface area (TPSA) is 36.7 Å². The van der Waals surface area contributed by atoms with Crippen LogP contribution in [0, 0.1) is 11.3 Å². The monoisotopic (exact) mass is 228 g/mol. The van der Waals surface area contributed by atoms with E-state index in [1.165, 1.54) is 12.1 Å². The van der Waals surface area contributed by atoms with Crippen LogP contribution in [0.15, 0.2) is 18.2 Å². The van der Waals surface area contributed by atoms with E-state index >= 15 is 0 Å². The summed E-state index contributed by atoms with van der Waals surface area (Å²) in [4.78, 5) is 3.43. The number of thiazole rings is 1. The average molecular weight is 228 g/mol. The summed E-state index contributed by atoms with van der Waals surface area (Å²) >= 11 is 0.547. The van der Waals surface area contributed by atoms with Gasteiger partial charge in [-0.1, -0.05) is 6.07 Å². The molecule has 76 valence electrons. The minimum Gasteiger partial charge on any atom is -0.231 e. The van der Waals surface area contributed by atoms with Gasteiger partial charge in [0, 0.05) is 0 Å². The van der Waals surface area contributed by atoms with Crippen LogP contribution in [-0.4, -0.2) is 4.98 Å². The van der Waals surface area contributed by atoms with E-state index in [0.29, 0.717) is 16.0 Å². The lowest BCUT2D eigenvalue weighted by molar-refractivity contribution is -0.137. The van der Waals surface area contributed by atoms with Crippen LogP contribution in [0.3, 0.4) is 0 Å². The molecule has 0 atom stereocenters. The number of hydrogen-bond acceptors (Lipinski definition) is 3. The summed E-state index contributed by atoms with van der Waals surface area (Å²) < 4.78 is 37.4. The van der Waals surface area contributed by atoms with Gasteiger partial charge in [0.2, 0.25) is 0 Å². The van der Waals surface area contributed by atoms with Crippen LogP contribution >= 0.6 is 11.3 Å². The van der Waals surface area contributed by atoms with E-state index in [4.69, 9.17) is 5.26 Å². The summed E-state index contributed by atoms with van der Waals surface area (Å²) in [5, 5.41) is 7.76. The summed E-state index contributed by atoms with van der Waals surface area (Å²) in [5.41, 5.74) is 0.288. The molecule has 2 nitrogen and oxygen atoms in total. The van der Waals surface area contributed by atoms with Crippen molar-refractivity contribution in [1.29, 1.82) is 5.26 Å². The van der Waals surface area contributed by atoms with E-state index in [0.717, 1.165) is 0 Å². The van der Waals surface area contributed by atoms with Crippen LogP contribution in [0.2, 0.25) is 0 Å². The van der Waals surface area contributed by atoms with Crippen LogP contribution in [0.1, 0.15) is 10.6 Å². The van der Waals surface area contributed by atoms with Crippen molar-refractivity contribution in [3.8, 4) is 6.07 Å². The number of benzene rings is 1. The summed E-state index contributed by atoms with van der Waals surface area (Å²) in [5.74, 6) is 0. The zero-order valence-corrected chi connectivity index (χ0v) is 7.99.